The summed E-state index contributed by atoms with van der Waals surface area (Å²) in [5.41, 5.74) is 2.81. The Bertz CT molecular complexity index is 1370. The number of rotatable bonds is 4. The molecular weight excluding hydrogens is 438 g/mol. The first kappa shape index (κ1) is 21.9. The normalized spacial score (nSPS) is 21.5. The molecule has 0 bridgehead atoms. The van der Waals surface area contributed by atoms with Crippen molar-refractivity contribution in [2.45, 2.75) is 43.0 Å². The minimum Gasteiger partial charge on any atom is -0.349 e. The number of aryl methyl sites for hydroxylation is 1. The van der Waals surface area contributed by atoms with Gasteiger partial charge >= 0.3 is 0 Å². The van der Waals surface area contributed by atoms with Gasteiger partial charge < -0.3 is 10.3 Å². The first-order chi connectivity index (χ1) is 15.9. The molecule has 2 heterocycles. The smallest absolute Gasteiger partial charge is 0.248 e. The number of carbonyl (C=O) groups is 1. The van der Waals surface area contributed by atoms with Crippen LogP contribution >= 0.6 is 0 Å². The number of aromatic nitrogens is 1. The van der Waals surface area contributed by atoms with E-state index in [1.54, 1.807) is 18.2 Å². The molecule has 1 aliphatic heterocycles. The van der Waals surface area contributed by atoms with Gasteiger partial charge in [0.05, 0.1) is 16.9 Å². The number of H-pyrrole nitrogens is 1. The van der Waals surface area contributed by atoms with Crippen LogP contribution in [0.2, 0.25) is 0 Å². The zero-order chi connectivity index (χ0) is 23.0. The van der Waals surface area contributed by atoms with Crippen molar-refractivity contribution in [1.29, 1.82) is 0 Å². The van der Waals surface area contributed by atoms with E-state index in [4.69, 9.17) is 0 Å². The highest BCUT2D eigenvalue weighted by atomic mass is 32.2. The number of nitrogens with one attached hydrogen (secondary N) is 2. The molecule has 0 spiro atoms. The van der Waals surface area contributed by atoms with E-state index in [-0.39, 0.29) is 34.9 Å². The molecular formula is C25H27N3O4S. The summed E-state index contributed by atoms with van der Waals surface area (Å²) < 4.78 is 28.1. The Morgan fingerprint density at radius 2 is 1.88 bits per heavy atom. The van der Waals surface area contributed by atoms with Crippen molar-refractivity contribution >= 4 is 26.8 Å². The van der Waals surface area contributed by atoms with Gasteiger partial charge in [0.15, 0.2) is 0 Å². The lowest BCUT2D eigenvalue weighted by Gasteiger charge is -2.33. The topological polar surface area (TPSA) is 99.3 Å². The third-order valence-electron chi connectivity index (χ3n) is 6.77. The monoisotopic (exact) mass is 465 g/mol. The maximum absolute atomic E-state index is 13.3. The summed E-state index contributed by atoms with van der Waals surface area (Å²) in [6.45, 7) is 0.564. The molecule has 33 heavy (non-hydrogen) atoms. The molecule has 1 fully saturated rings. The van der Waals surface area contributed by atoms with Crippen LogP contribution in [0.5, 0.6) is 0 Å². The second-order valence-corrected chi connectivity index (χ2v) is 10.9. The zero-order valence-corrected chi connectivity index (χ0v) is 19.1. The number of hydrogen-bond donors (Lipinski definition) is 2. The summed E-state index contributed by atoms with van der Waals surface area (Å²) in [5.74, 6) is -0.452. The second kappa shape index (κ2) is 8.76. The first-order valence-corrected chi connectivity index (χ1v) is 12.9. The molecule has 3 aromatic rings. The number of aromatic amines is 1. The molecule has 2 unspecified atom stereocenters. The number of piperidine rings is 1. The van der Waals surface area contributed by atoms with Gasteiger partial charge in [0.25, 0.3) is 0 Å². The number of benzene rings is 2. The fourth-order valence-electron chi connectivity index (χ4n) is 5.01. The molecule has 2 aliphatic rings. The number of nitrogens with zero attached hydrogens (tertiary/aromatic N) is 1. The largest absolute Gasteiger partial charge is 0.349 e. The van der Waals surface area contributed by atoms with E-state index in [1.807, 2.05) is 12.1 Å². The van der Waals surface area contributed by atoms with Crippen LogP contribution in [0.4, 0.5) is 0 Å². The van der Waals surface area contributed by atoms with E-state index in [0.717, 1.165) is 19.3 Å². The molecule has 172 valence electrons. The van der Waals surface area contributed by atoms with Crippen molar-refractivity contribution in [3.05, 3.63) is 76.1 Å². The van der Waals surface area contributed by atoms with Crippen molar-refractivity contribution < 1.29 is 13.2 Å². The van der Waals surface area contributed by atoms with Crippen LogP contribution in [-0.4, -0.2) is 36.7 Å². The zero-order valence-electron chi connectivity index (χ0n) is 18.3. The van der Waals surface area contributed by atoms with Crippen molar-refractivity contribution in [3.8, 4) is 0 Å². The van der Waals surface area contributed by atoms with E-state index in [9.17, 15) is 18.0 Å². The maximum atomic E-state index is 13.3. The van der Waals surface area contributed by atoms with Gasteiger partial charge in [0.1, 0.15) is 0 Å². The van der Waals surface area contributed by atoms with Gasteiger partial charge in [-0.05, 0) is 72.9 Å². The lowest BCUT2D eigenvalue weighted by Crippen LogP contribution is -2.46. The van der Waals surface area contributed by atoms with Gasteiger partial charge in [-0.15, -0.1) is 0 Å². The van der Waals surface area contributed by atoms with E-state index >= 15 is 0 Å². The Morgan fingerprint density at radius 3 is 2.76 bits per heavy atom. The average molecular weight is 466 g/mol. The van der Waals surface area contributed by atoms with Crippen LogP contribution in [0.15, 0.2) is 64.3 Å². The number of sulfonamides is 1. The highest BCUT2D eigenvalue weighted by Crippen LogP contribution is 2.31. The standard InChI is InChI=1S/C25H27N3O4S/c29-24-13-10-18-15-20(11-12-22(18)26-24)33(31,32)28-14-4-7-19(16-28)25(30)27-23-9-3-6-17-5-1-2-8-21(17)23/h1-2,5,8,10-13,15,19,23H,3-4,6-7,9,14,16H2,(H,26,29)(H,27,30). The van der Waals surface area contributed by atoms with Crippen molar-refractivity contribution in [1.82, 2.24) is 14.6 Å². The van der Waals surface area contributed by atoms with E-state index in [0.29, 0.717) is 30.3 Å². The third-order valence-corrected chi connectivity index (χ3v) is 8.63. The molecule has 7 nitrogen and oxygen atoms in total. The maximum Gasteiger partial charge on any atom is 0.248 e. The molecule has 1 amide bonds. The fourth-order valence-corrected chi connectivity index (χ4v) is 6.57. The van der Waals surface area contributed by atoms with E-state index in [1.165, 1.54) is 27.6 Å². The molecule has 2 N–H and O–H groups in total. The van der Waals surface area contributed by atoms with Crippen LogP contribution < -0.4 is 10.9 Å². The van der Waals surface area contributed by atoms with Crippen molar-refractivity contribution in [3.63, 3.8) is 0 Å². The molecule has 8 heteroatoms. The highest BCUT2D eigenvalue weighted by molar-refractivity contribution is 7.89. The first-order valence-electron chi connectivity index (χ1n) is 11.4. The molecule has 1 aromatic heterocycles. The van der Waals surface area contributed by atoms with Gasteiger partial charge in [-0.25, -0.2) is 8.42 Å². The van der Waals surface area contributed by atoms with Gasteiger partial charge in [0.2, 0.25) is 21.5 Å². The lowest BCUT2D eigenvalue weighted by molar-refractivity contribution is -0.127. The Hall–Kier alpha value is -2.97. The van der Waals surface area contributed by atoms with Crippen LogP contribution in [0, 0.1) is 5.92 Å². The molecule has 2 aromatic carbocycles. The molecule has 2 atom stereocenters. The Balaban J connectivity index is 1.33. The summed E-state index contributed by atoms with van der Waals surface area (Å²) in [5, 5.41) is 3.84. The Morgan fingerprint density at radius 1 is 1.03 bits per heavy atom. The predicted octanol–water partition coefficient (Wildman–Crippen LogP) is 3.12. The van der Waals surface area contributed by atoms with Crippen molar-refractivity contribution in [2.24, 2.45) is 5.92 Å². The molecule has 1 aliphatic carbocycles. The molecule has 0 saturated carbocycles. The number of hydrogen-bond acceptors (Lipinski definition) is 4. The molecule has 1 saturated heterocycles. The van der Waals surface area contributed by atoms with Gasteiger partial charge in [0, 0.05) is 24.7 Å². The fraction of sp³-hybridized carbons (Fsp3) is 0.360. The summed E-state index contributed by atoms with van der Waals surface area (Å²) in [6.07, 6.45) is 4.26. The number of carbonyl (C=O) groups excluding carboxylic acids is 1. The predicted molar refractivity (Wildman–Crippen MR) is 126 cm³/mol. The Labute approximate surface area is 192 Å². The summed E-state index contributed by atoms with van der Waals surface area (Å²) in [6, 6.07) is 15.9. The summed E-state index contributed by atoms with van der Waals surface area (Å²) in [4.78, 5) is 27.5. The van der Waals surface area contributed by atoms with Crippen LogP contribution in [0.1, 0.15) is 42.9 Å². The lowest BCUT2D eigenvalue weighted by atomic mass is 9.87. The van der Waals surface area contributed by atoms with Gasteiger partial charge in [-0.2, -0.15) is 4.31 Å². The number of pyridine rings is 1. The quantitative estimate of drug-likeness (QED) is 0.618. The van der Waals surface area contributed by atoms with Gasteiger partial charge in [-0.3, -0.25) is 9.59 Å². The van der Waals surface area contributed by atoms with E-state index < -0.39 is 10.0 Å². The average Bonchev–Trinajstić information content (AvgIpc) is 2.84. The Kier molecular flexibility index (Phi) is 5.80. The molecule has 5 rings (SSSR count). The summed E-state index contributed by atoms with van der Waals surface area (Å²) in [7, 11) is -3.75. The summed E-state index contributed by atoms with van der Waals surface area (Å²) >= 11 is 0. The van der Waals surface area contributed by atoms with Crippen LogP contribution in [0.25, 0.3) is 10.9 Å². The highest BCUT2D eigenvalue weighted by Gasteiger charge is 2.34. The third kappa shape index (κ3) is 4.32. The number of fused-ring (bicyclic) bond motifs is 2. The number of amides is 1. The SMILES string of the molecule is O=C(NC1CCCc2ccccc21)C1CCCN(S(=O)(=O)c2ccc3[nH]c(=O)ccc3c2)C1. The second-order valence-electron chi connectivity index (χ2n) is 8.93. The van der Waals surface area contributed by atoms with Crippen molar-refractivity contribution in [2.75, 3.05) is 13.1 Å². The minimum atomic E-state index is -3.75. The van der Waals surface area contributed by atoms with Crippen LogP contribution in [0.3, 0.4) is 0 Å². The van der Waals surface area contributed by atoms with Gasteiger partial charge in [-0.1, -0.05) is 24.3 Å². The minimum absolute atomic E-state index is 0.0166. The van der Waals surface area contributed by atoms with E-state index in [2.05, 4.69) is 22.4 Å². The molecule has 0 radical (unpaired) electrons. The van der Waals surface area contributed by atoms with Crippen LogP contribution in [-0.2, 0) is 21.2 Å².